The Morgan fingerprint density at radius 3 is 1.94 bits per heavy atom. The Morgan fingerprint density at radius 1 is 0.886 bits per heavy atom. The van der Waals surface area contributed by atoms with E-state index >= 15 is 0 Å². The minimum absolute atomic E-state index is 0.0973. The van der Waals surface area contributed by atoms with Crippen LogP contribution in [0.25, 0.3) is 0 Å². The quantitative estimate of drug-likeness (QED) is 0.105. The lowest BCUT2D eigenvalue weighted by Gasteiger charge is -2.24. The van der Waals surface area contributed by atoms with Crippen molar-refractivity contribution in [2.45, 2.75) is 56.3 Å². The summed E-state index contributed by atoms with van der Waals surface area (Å²) in [7, 11) is 0. The number of carboxylic acid groups (broad SMARTS) is 1. The van der Waals surface area contributed by atoms with Crippen LogP contribution in [0.3, 0.4) is 0 Å². The van der Waals surface area contributed by atoms with Crippen LogP contribution >= 0.6 is 0 Å². The maximum Gasteiger partial charge on any atom is 0.326 e. The summed E-state index contributed by atoms with van der Waals surface area (Å²) in [6.45, 7) is -0.900. The van der Waals surface area contributed by atoms with Crippen LogP contribution in [-0.4, -0.2) is 86.5 Å². The maximum absolute atomic E-state index is 12.7. The Balaban J connectivity index is 2.85. The molecule has 1 rings (SSSR count). The molecular formula is C19H30N8O8. The van der Waals surface area contributed by atoms with Gasteiger partial charge in [-0.2, -0.15) is 0 Å². The van der Waals surface area contributed by atoms with Crippen molar-refractivity contribution in [2.24, 2.45) is 17.2 Å². The number of carbonyl (C=O) groups excluding carboxylic acids is 5. The summed E-state index contributed by atoms with van der Waals surface area (Å²) in [5, 5.41) is 25.6. The Labute approximate surface area is 199 Å². The molecule has 0 saturated heterocycles. The molecule has 0 saturated carbocycles. The number of carbonyl (C=O) groups is 6. The van der Waals surface area contributed by atoms with Gasteiger partial charge in [0, 0.05) is 31.2 Å². The molecule has 0 bridgehead atoms. The topological polar surface area (TPSA) is 286 Å². The van der Waals surface area contributed by atoms with Gasteiger partial charge < -0.3 is 48.3 Å². The molecule has 16 heteroatoms. The normalized spacial score (nSPS) is 14.1. The van der Waals surface area contributed by atoms with Crippen LogP contribution in [0.4, 0.5) is 0 Å². The van der Waals surface area contributed by atoms with E-state index in [9.17, 15) is 39.0 Å². The van der Waals surface area contributed by atoms with Gasteiger partial charge in [-0.3, -0.25) is 24.0 Å². The summed E-state index contributed by atoms with van der Waals surface area (Å²) < 4.78 is 0. The van der Waals surface area contributed by atoms with Crippen molar-refractivity contribution in [1.29, 1.82) is 0 Å². The van der Waals surface area contributed by atoms with Crippen LogP contribution in [0.1, 0.15) is 31.4 Å². The number of aliphatic carboxylic acids is 1. The Bertz CT molecular complexity index is 907. The van der Waals surface area contributed by atoms with Crippen molar-refractivity contribution < 1.29 is 39.0 Å². The molecule has 1 aromatic rings. The fourth-order valence-corrected chi connectivity index (χ4v) is 2.82. The number of aromatic amines is 1. The minimum atomic E-state index is -1.58. The number of amides is 5. The average Bonchev–Trinajstić information content (AvgIpc) is 3.30. The molecule has 0 aliphatic rings. The number of H-pyrrole nitrogens is 1. The molecule has 0 fully saturated rings. The highest BCUT2D eigenvalue weighted by molar-refractivity contribution is 5.94. The Hall–Kier alpha value is -4.05. The van der Waals surface area contributed by atoms with Gasteiger partial charge in [0.25, 0.3) is 0 Å². The second-order valence-electron chi connectivity index (χ2n) is 7.60. The second-order valence-corrected chi connectivity index (χ2v) is 7.60. The molecule has 12 N–H and O–H groups in total. The van der Waals surface area contributed by atoms with Crippen LogP contribution in [0, 0.1) is 0 Å². The minimum Gasteiger partial charge on any atom is -0.480 e. The molecule has 16 nitrogen and oxygen atoms in total. The fourth-order valence-electron chi connectivity index (χ4n) is 2.82. The summed E-state index contributed by atoms with van der Waals surface area (Å²) in [5.41, 5.74) is 16.2. The number of primary amides is 2. The summed E-state index contributed by atoms with van der Waals surface area (Å²) in [6, 6.07) is -5.55. The highest BCUT2D eigenvalue weighted by Crippen LogP contribution is 2.03. The van der Waals surface area contributed by atoms with E-state index in [0.29, 0.717) is 5.69 Å². The number of nitrogens with two attached hydrogens (primary N) is 3. The molecule has 0 radical (unpaired) electrons. The molecule has 4 atom stereocenters. The second kappa shape index (κ2) is 14.3. The van der Waals surface area contributed by atoms with Crippen LogP contribution in [0.2, 0.25) is 0 Å². The van der Waals surface area contributed by atoms with Gasteiger partial charge in [0.15, 0.2) is 0 Å². The largest absolute Gasteiger partial charge is 0.480 e. The van der Waals surface area contributed by atoms with E-state index in [1.807, 2.05) is 0 Å². The summed E-state index contributed by atoms with van der Waals surface area (Å²) in [6.07, 6.45) is 1.71. The first-order valence-electron chi connectivity index (χ1n) is 10.5. The van der Waals surface area contributed by atoms with Crippen molar-refractivity contribution in [2.75, 3.05) is 6.61 Å². The van der Waals surface area contributed by atoms with Gasteiger partial charge in [-0.15, -0.1) is 0 Å². The number of aliphatic hydroxyl groups is 1. The SMILES string of the molecule is NC(=O)CCC(N)C(=O)NC(CCC(N)=O)C(=O)NC(CO)C(=O)NC(Cc1cnc[nH]1)C(=O)O. The Morgan fingerprint density at radius 2 is 1.43 bits per heavy atom. The highest BCUT2D eigenvalue weighted by atomic mass is 16.4. The summed E-state index contributed by atoms with van der Waals surface area (Å²) >= 11 is 0. The molecule has 0 aromatic carbocycles. The number of carboxylic acids is 1. The lowest BCUT2D eigenvalue weighted by atomic mass is 10.1. The Kier molecular flexibility index (Phi) is 11.8. The van der Waals surface area contributed by atoms with E-state index in [-0.39, 0.29) is 32.1 Å². The first-order chi connectivity index (χ1) is 16.4. The smallest absolute Gasteiger partial charge is 0.326 e. The van der Waals surface area contributed by atoms with Crippen LogP contribution in [-0.2, 0) is 35.2 Å². The van der Waals surface area contributed by atoms with Gasteiger partial charge in [0.1, 0.15) is 18.1 Å². The van der Waals surface area contributed by atoms with E-state index in [1.54, 1.807) is 0 Å². The van der Waals surface area contributed by atoms with E-state index < -0.39 is 66.3 Å². The van der Waals surface area contributed by atoms with E-state index in [2.05, 4.69) is 25.9 Å². The van der Waals surface area contributed by atoms with Gasteiger partial charge >= 0.3 is 5.97 Å². The summed E-state index contributed by atoms with van der Waals surface area (Å²) in [4.78, 5) is 77.5. The number of rotatable bonds is 16. The van der Waals surface area contributed by atoms with Gasteiger partial charge in [-0.1, -0.05) is 0 Å². The highest BCUT2D eigenvalue weighted by Gasteiger charge is 2.30. The third-order valence-electron chi connectivity index (χ3n) is 4.76. The molecule has 0 aliphatic heterocycles. The van der Waals surface area contributed by atoms with Gasteiger partial charge in [0.05, 0.1) is 19.0 Å². The number of imidazole rings is 1. The van der Waals surface area contributed by atoms with Crippen molar-refractivity contribution in [1.82, 2.24) is 25.9 Å². The lowest BCUT2D eigenvalue weighted by Crippen LogP contribution is -2.58. The maximum atomic E-state index is 12.7. The van der Waals surface area contributed by atoms with Gasteiger partial charge in [-0.05, 0) is 12.8 Å². The van der Waals surface area contributed by atoms with Gasteiger partial charge in [-0.25, -0.2) is 9.78 Å². The molecule has 1 heterocycles. The zero-order chi connectivity index (χ0) is 26.5. The molecular weight excluding hydrogens is 468 g/mol. The number of aromatic nitrogens is 2. The molecule has 0 aliphatic carbocycles. The van der Waals surface area contributed by atoms with Crippen molar-refractivity contribution in [3.05, 3.63) is 18.2 Å². The fraction of sp³-hybridized carbons (Fsp3) is 0.526. The predicted molar refractivity (Wildman–Crippen MR) is 118 cm³/mol. The number of nitrogens with zero attached hydrogens (tertiary/aromatic N) is 1. The van der Waals surface area contributed by atoms with Crippen molar-refractivity contribution >= 4 is 35.5 Å². The van der Waals surface area contributed by atoms with E-state index in [1.165, 1.54) is 12.5 Å². The zero-order valence-electron chi connectivity index (χ0n) is 18.7. The van der Waals surface area contributed by atoms with Gasteiger partial charge in [0.2, 0.25) is 29.5 Å². The molecule has 5 amide bonds. The summed E-state index contributed by atoms with van der Waals surface area (Å²) in [5.74, 6) is -5.61. The molecule has 4 unspecified atom stereocenters. The first-order valence-corrected chi connectivity index (χ1v) is 10.5. The molecule has 194 valence electrons. The third-order valence-corrected chi connectivity index (χ3v) is 4.76. The van der Waals surface area contributed by atoms with Crippen LogP contribution in [0.15, 0.2) is 12.5 Å². The van der Waals surface area contributed by atoms with E-state index in [4.69, 9.17) is 17.2 Å². The molecule has 1 aromatic heterocycles. The molecule has 0 spiro atoms. The zero-order valence-corrected chi connectivity index (χ0v) is 18.7. The number of hydrogen-bond donors (Lipinski definition) is 9. The third kappa shape index (κ3) is 10.6. The molecule has 35 heavy (non-hydrogen) atoms. The van der Waals surface area contributed by atoms with Crippen molar-refractivity contribution in [3.8, 4) is 0 Å². The standard InChI is InChI=1S/C19H30N8O8/c20-10(1-3-14(21)29)16(31)25-11(2-4-15(22)30)17(32)27-13(7-28)18(33)26-12(19(34)35)5-9-6-23-8-24-9/h6,8,10-13,28H,1-5,7,20H2,(H2,21,29)(H2,22,30)(H,23,24)(H,25,31)(H,26,33)(H,27,32)(H,34,35). The lowest BCUT2D eigenvalue weighted by molar-refractivity contribution is -0.142. The van der Waals surface area contributed by atoms with Crippen LogP contribution in [0.5, 0.6) is 0 Å². The van der Waals surface area contributed by atoms with E-state index in [0.717, 1.165) is 0 Å². The van der Waals surface area contributed by atoms with Crippen molar-refractivity contribution in [3.63, 3.8) is 0 Å². The number of aliphatic hydroxyl groups excluding tert-OH is 1. The monoisotopic (exact) mass is 498 g/mol. The number of nitrogens with one attached hydrogen (secondary N) is 4. The number of hydrogen-bond acceptors (Lipinski definition) is 9. The predicted octanol–water partition coefficient (Wildman–Crippen LogP) is -4.66. The van der Waals surface area contributed by atoms with Crippen LogP contribution < -0.4 is 33.2 Å². The average molecular weight is 498 g/mol. The first kappa shape index (κ1) is 29.0.